The van der Waals surface area contributed by atoms with E-state index in [0.717, 1.165) is 42.1 Å². The van der Waals surface area contributed by atoms with Gasteiger partial charge in [0.25, 0.3) is 0 Å². The van der Waals surface area contributed by atoms with Gasteiger partial charge in [-0.25, -0.2) is 0 Å². The Morgan fingerprint density at radius 3 is 2.84 bits per heavy atom. The molecule has 2 aromatic carbocycles. The largest absolute Gasteiger partial charge is 0.489 e. The van der Waals surface area contributed by atoms with E-state index in [2.05, 4.69) is 28.6 Å². The molecule has 1 aliphatic heterocycles. The van der Waals surface area contributed by atoms with Crippen LogP contribution in [-0.2, 0) is 11.4 Å². The van der Waals surface area contributed by atoms with Crippen molar-refractivity contribution in [1.29, 1.82) is 0 Å². The maximum atomic E-state index is 12.9. The topological polar surface area (TPSA) is 60.2 Å². The van der Waals surface area contributed by atoms with Crippen molar-refractivity contribution < 1.29 is 9.53 Å². The minimum absolute atomic E-state index is 0.0286. The fraction of sp³-hybridized carbons (Fsp3) is 0.346. The van der Waals surface area contributed by atoms with Crippen molar-refractivity contribution in [1.82, 2.24) is 19.7 Å². The summed E-state index contributed by atoms with van der Waals surface area (Å²) in [5.41, 5.74) is 2.06. The highest BCUT2D eigenvalue weighted by Crippen LogP contribution is 2.27. The van der Waals surface area contributed by atoms with E-state index in [-0.39, 0.29) is 11.8 Å². The zero-order valence-electron chi connectivity index (χ0n) is 18.7. The van der Waals surface area contributed by atoms with Gasteiger partial charge in [-0.1, -0.05) is 42.5 Å². The smallest absolute Gasteiger partial charge is 0.246 e. The highest BCUT2D eigenvalue weighted by atomic mass is 16.5. The summed E-state index contributed by atoms with van der Waals surface area (Å²) in [7, 11) is 0. The summed E-state index contributed by atoms with van der Waals surface area (Å²) in [5.74, 6) is 2.01. The van der Waals surface area contributed by atoms with Crippen molar-refractivity contribution in [2.45, 2.75) is 45.3 Å². The van der Waals surface area contributed by atoms with Gasteiger partial charge >= 0.3 is 0 Å². The van der Waals surface area contributed by atoms with Crippen LogP contribution in [0.5, 0.6) is 5.75 Å². The molecule has 1 unspecified atom stereocenters. The average Bonchev–Trinajstić information content (AvgIpc) is 3.33. The number of carbonyl (C=O) groups excluding carboxylic acids is 1. The molecular formula is C26H30N4O2. The van der Waals surface area contributed by atoms with Crippen LogP contribution in [0.1, 0.15) is 55.6 Å². The van der Waals surface area contributed by atoms with E-state index in [1.165, 1.54) is 0 Å². The molecule has 0 aliphatic carbocycles. The molecule has 0 bridgehead atoms. The molecule has 3 aromatic rings. The van der Waals surface area contributed by atoms with E-state index in [1.807, 2.05) is 65.6 Å². The Kier molecular flexibility index (Phi) is 7.00. The number of hydrogen-bond acceptors (Lipinski definition) is 4. The minimum Gasteiger partial charge on any atom is -0.489 e. The van der Waals surface area contributed by atoms with Crippen LogP contribution in [0.4, 0.5) is 0 Å². The molecule has 166 valence electrons. The number of aromatic nitrogens is 3. The first-order valence-corrected chi connectivity index (χ1v) is 11.2. The second-order valence-electron chi connectivity index (χ2n) is 8.49. The first kappa shape index (κ1) is 21.8. The van der Waals surface area contributed by atoms with Crippen LogP contribution in [0.15, 0.2) is 67.0 Å². The van der Waals surface area contributed by atoms with Crippen LogP contribution in [0.25, 0.3) is 6.08 Å². The third-order valence-corrected chi connectivity index (χ3v) is 5.78. The van der Waals surface area contributed by atoms with E-state index >= 15 is 0 Å². The standard InChI is InChI=1S/C26H30N4O2/c1-20(2)30-19-27-28-26(30)23-11-7-15-29(17-23)25(31)14-13-21-10-6-12-24(16-21)32-18-22-8-4-3-5-9-22/h3-6,8-10,12-14,16,19-20,23H,7,11,15,17-18H2,1-2H3/b14-13+. The second-order valence-corrected chi connectivity index (χ2v) is 8.49. The summed E-state index contributed by atoms with van der Waals surface area (Å²) in [6.45, 7) is 6.21. The van der Waals surface area contributed by atoms with Crippen LogP contribution in [0.3, 0.4) is 0 Å². The Balaban J connectivity index is 1.37. The SMILES string of the molecule is CC(C)n1cnnc1C1CCCN(C(=O)/C=C/c2cccc(OCc3ccccc3)c2)C1. The van der Waals surface area contributed by atoms with Crippen molar-refractivity contribution in [2.75, 3.05) is 13.1 Å². The van der Waals surface area contributed by atoms with Crippen molar-refractivity contribution in [2.24, 2.45) is 0 Å². The third-order valence-electron chi connectivity index (χ3n) is 5.78. The number of hydrogen-bond donors (Lipinski definition) is 0. The molecule has 1 aromatic heterocycles. The molecule has 1 saturated heterocycles. The Bertz CT molecular complexity index is 1060. The highest BCUT2D eigenvalue weighted by molar-refractivity contribution is 5.91. The lowest BCUT2D eigenvalue weighted by atomic mass is 9.96. The normalized spacial score (nSPS) is 16.6. The van der Waals surface area contributed by atoms with Crippen LogP contribution in [-0.4, -0.2) is 38.7 Å². The monoisotopic (exact) mass is 430 g/mol. The van der Waals surface area contributed by atoms with E-state index in [4.69, 9.17) is 4.74 Å². The predicted molar refractivity (Wildman–Crippen MR) is 125 cm³/mol. The Morgan fingerprint density at radius 2 is 2.03 bits per heavy atom. The van der Waals surface area contributed by atoms with Crippen molar-refractivity contribution in [3.8, 4) is 5.75 Å². The van der Waals surface area contributed by atoms with E-state index in [0.29, 0.717) is 19.2 Å². The van der Waals surface area contributed by atoms with E-state index in [9.17, 15) is 4.79 Å². The zero-order valence-corrected chi connectivity index (χ0v) is 18.7. The van der Waals surface area contributed by atoms with Gasteiger partial charge in [0.2, 0.25) is 5.91 Å². The number of ether oxygens (including phenoxy) is 1. The number of likely N-dealkylation sites (tertiary alicyclic amines) is 1. The average molecular weight is 431 g/mol. The number of rotatable bonds is 7. The number of carbonyl (C=O) groups is 1. The van der Waals surface area contributed by atoms with E-state index < -0.39 is 0 Å². The second kappa shape index (κ2) is 10.3. The molecule has 2 heterocycles. The molecule has 1 aliphatic rings. The van der Waals surface area contributed by atoms with Gasteiger partial charge in [0.05, 0.1) is 0 Å². The first-order chi connectivity index (χ1) is 15.6. The number of piperidine rings is 1. The maximum Gasteiger partial charge on any atom is 0.246 e. The molecule has 6 nitrogen and oxygen atoms in total. The third kappa shape index (κ3) is 5.44. The fourth-order valence-electron chi connectivity index (χ4n) is 4.05. The summed E-state index contributed by atoms with van der Waals surface area (Å²) in [6.07, 6.45) is 7.30. The highest BCUT2D eigenvalue weighted by Gasteiger charge is 2.27. The molecular weight excluding hydrogens is 400 g/mol. The van der Waals surface area contributed by atoms with Crippen LogP contribution in [0.2, 0.25) is 0 Å². The van der Waals surface area contributed by atoms with Crippen LogP contribution < -0.4 is 4.74 Å². The Hall–Kier alpha value is -3.41. The molecule has 4 rings (SSSR count). The van der Waals surface area contributed by atoms with Gasteiger partial charge < -0.3 is 14.2 Å². The van der Waals surface area contributed by atoms with Gasteiger partial charge in [-0.2, -0.15) is 0 Å². The molecule has 0 radical (unpaired) electrons. The molecule has 0 spiro atoms. The van der Waals surface area contributed by atoms with Gasteiger partial charge in [0.15, 0.2) is 0 Å². The molecule has 32 heavy (non-hydrogen) atoms. The van der Waals surface area contributed by atoms with Gasteiger partial charge in [-0.15, -0.1) is 10.2 Å². The molecule has 1 amide bonds. The summed E-state index contributed by atoms with van der Waals surface area (Å²) in [4.78, 5) is 14.8. The molecule has 1 atom stereocenters. The first-order valence-electron chi connectivity index (χ1n) is 11.2. The summed E-state index contributed by atoms with van der Waals surface area (Å²) in [6, 6.07) is 18.2. The number of benzene rings is 2. The van der Waals surface area contributed by atoms with Crippen LogP contribution >= 0.6 is 0 Å². The molecule has 1 fully saturated rings. The lowest BCUT2D eigenvalue weighted by Gasteiger charge is -2.32. The Labute approximate surface area is 189 Å². The lowest BCUT2D eigenvalue weighted by molar-refractivity contribution is -0.127. The Morgan fingerprint density at radius 1 is 1.19 bits per heavy atom. The van der Waals surface area contributed by atoms with Gasteiger partial charge in [-0.3, -0.25) is 4.79 Å². The summed E-state index contributed by atoms with van der Waals surface area (Å²) in [5, 5.41) is 8.43. The van der Waals surface area contributed by atoms with Gasteiger partial charge in [0.1, 0.15) is 24.5 Å². The van der Waals surface area contributed by atoms with E-state index in [1.54, 1.807) is 12.4 Å². The number of nitrogens with zero attached hydrogens (tertiary/aromatic N) is 4. The maximum absolute atomic E-state index is 12.9. The van der Waals surface area contributed by atoms with Crippen molar-refractivity contribution >= 4 is 12.0 Å². The van der Waals surface area contributed by atoms with Crippen molar-refractivity contribution in [3.05, 3.63) is 84.0 Å². The molecule has 0 N–H and O–H groups in total. The minimum atomic E-state index is 0.0286. The molecule has 6 heteroatoms. The summed E-state index contributed by atoms with van der Waals surface area (Å²) >= 11 is 0. The van der Waals surface area contributed by atoms with Crippen molar-refractivity contribution in [3.63, 3.8) is 0 Å². The number of amides is 1. The fourth-order valence-corrected chi connectivity index (χ4v) is 4.05. The van der Waals surface area contributed by atoms with Crippen LogP contribution in [0, 0.1) is 0 Å². The zero-order chi connectivity index (χ0) is 22.3. The summed E-state index contributed by atoms with van der Waals surface area (Å²) < 4.78 is 8.00. The lowest BCUT2D eigenvalue weighted by Crippen LogP contribution is -2.39. The van der Waals surface area contributed by atoms with Gasteiger partial charge in [-0.05, 0) is 56.0 Å². The quantitative estimate of drug-likeness (QED) is 0.503. The molecule has 0 saturated carbocycles. The van der Waals surface area contributed by atoms with Gasteiger partial charge in [0, 0.05) is 31.1 Å². The predicted octanol–water partition coefficient (Wildman–Crippen LogP) is 4.86.